The number of ether oxygens (including phenoxy) is 4. The van der Waals surface area contributed by atoms with Gasteiger partial charge in [-0.2, -0.15) is 0 Å². The zero-order valence-corrected chi connectivity index (χ0v) is 17.4. The third-order valence-corrected chi connectivity index (χ3v) is 6.35. The second-order valence-corrected chi connectivity index (χ2v) is 8.34. The van der Waals surface area contributed by atoms with Crippen molar-refractivity contribution in [3.8, 4) is 5.88 Å². The molecule has 0 aromatic carbocycles. The van der Waals surface area contributed by atoms with Gasteiger partial charge in [0.1, 0.15) is 6.10 Å². The fourth-order valence-corrected chi connectivity index (χ4v) is 4.51. The van der Waals surface area contributed by atoms with Crippen LogP contribution in [-0.2, 0) is 14.2 Å². The lowest BCUT2D eigenvalue weighted by atomic mass is 9.89. The van der Waals surface area contributed by atoms with Gasteiger partial charge in [-0.05, 0) is 18.2 Å². The molecule has 1 spiro atoms. The van der Waals surface area contributed by atoms with Gasteiger partial charge >= 0.3 is 0 Å². The molecule has 29 heavy (non-hydrogen) atoms. The maximum Gasteiger partial charge on any atom is 0.224 e. The highest BCUT2D eigenvalue weighted by molar-refractivity contribution is 7.98. The molecule has 4 heterocycles. The van der Waals surface area contributed by atoms with Crippen molar-refractivity contribution in [2.75, 3.05) is 32.7 Å². The third kappa shape index (κ3) is 3.86. The van der Waals surface area contributed by atoms with Crippen LogP contribution in [0.3, 0.4) is 0 Å². The number of hydrogen-bond acceptors (Lipinski definition) is 8. The minimum atomic E-state index is -0.432. The summed E-state index contributed by atoms with van der Waals surface area (Å²) >= 11 is 1.54. The second kappa shape index (κ2) is 8.18. The minimum absolute atomic E-state index is 0.121. The van der Waals surface area contributed by atoms with Crippen molar-refractivity contribution < 1.29 is 18.9 Å². The molecule has 2 saturated heterocycles. The Morgan fingerprint density at radius 3 is 2.66 bits per heavy atom. The number of rotatable bonds is 4. The molecule has 1 aliphatic carbocycles. The summed E-state index contributed by atoms with van der Waals surface area (Å²) in [6, 6.07) is 0. The Balaban J connectivity index is 1.50. The normalized spacial score (nSPS) is 22.2. The van der Waals surface area contributed by atoms with Gasteiger partial charge in [0.05, 0.1) is 37.3 Å². The molecule has 0 atom stereocenters. The summed E-state index contributed by atoms with van der Waals surface area (Å²) in [5.74, 6) is 0.178. The zero-order valence-electron chi connectivity index (χ0n) is 16.6. The number of pyridine rings is 1. The molecule has 2 aromatic heterocycles. The lowest BCUT2D eigenvalue weighted by Gasteiger charge is -2.31. The van der Waals surface area contributed by atoms with Crippen LogP contribution >= 0.6 is 11.8 Å². The lowest BCUT2D eigenvalue weighted by molar-refractivity contribution is -0.159. The van der Waals surface area contributed by atoms with Gasteiger partial charge < -0.3 is 18.9 Å². The van der Waals surface area contributed by atoms with E-state index in [1.54, 1.807) is 0 Å². The standard InChI is InChI=1S/C21H25N3O4S/c1-29-20-23-13-17-18(24-20)16(12-22-19(17)28-15-4-8-25-9-5-15)14-2-6-21(7-3-14)26-10-11-27-21/h2,12-13,15H,3-11H2,1H3. The highest BCUT2D eigenvalue weighted by atomic mass is 32.2. The molecule has 0 amide bonds. The fraction of sp³-hybridized carbons (Fsp3) is 0.571. The summed E-state index contributed by atoms with van der Waals surface area (Å²) in [5, 5.41) is 1.61. The number of fused-ring (bicyclic) bond motifs is 1. The van der Waals surface area contributed by atoms with Gasteiger partial charge in [0.15, 0.2) is 10.9 Å². The van der Waals surface area contributed by atoms with Gasteiger partial charge in [-0.25, -0.2) is 15.0 Å². The van der Waals surface area contributed by atoms with Crippen LogP contribution in [0.15, 0.2) is 23.6 Å². The highest BCUT2D eigenvalue weighted by Gasteiger charge is 2.38. The summed E-state index contributed by atoms with van der Waals surface area (Å²) in [4.78, 5) is 14.0. The first-order chi connectivity index (χ1) is 14.3. The lowest BCUT2D eigenvalue weighted by Crippen LogP contribution is -2.31. The number of aromatic nitrogens is 3. The Bertz CT molecular complexity index is 924. The molecule has 0 saturated carbocycles. The Morgan fingerprint density at radius 2 is 1.93 bits per heavy atom. The summed E-state index contributed by atoms with van der Waals surface area (Å²) < 4.78 is 23.4. The smallest absolute Gasteiger partial charge is 0.224 e. The van der Waals surface area contributed by atoms with Crippen LogP contribution < -0.4 is 4.74 Å². The molecule has 3 aliphatic rings. The quantitative estimate of drug-likeness (QED) is 0.554. The molecule has 0 radical (unpaired) electrons. The van der Waals surface area contributed by atoms with Crippen LogP contribution in [0, 0.1) is 0 Å². The van der Waals surface area contributed by atoms with Crippen molar-refractivity contribution >= 4 is 28.2 Å². The van der Waals surface area contributed by atoms with E-state index in [4.69, 9.17) is 23.9 Å². The van der Waals surface area contributed by atoms with Crippen LogP contribution in [-0.4, -0.2) is 59.5 Å². The van der Waals surface area contributed by atoms with E-state index < -0.39 is 5.79 Å². The molecule has 0 bridgehead atoms. The maximum absolute atomic E-state index is 6.22. The van der Waals surface area contributed by atoms with Gasteiger partial charge in [-0.3, -0.25) is 0 Å². The van der Waals surface area contributed by atoms with Gasteiger partial charge in [0, 0.05) is 43.6 Å². The van der Waals surface area contributed by atoms with Crippen molar-refractivity contribution in [2.45, 2.75) is 49.2 Å². The van der Waals surface area contributed by atoms with E-state index in [0.717, 1.165) is 66.9 Å². The van der Waals surface area contributed by atoms with Crippen molar-refractivity contribution in [1.82, 2.24) is 15.0 Å². The summed E-state index contributed by atoms with van der Waals surface area (Å²) in [6.07, 6.45) is 12.3. The first-order valence-corrected chi connectivity index (χ1v) is 11.4. The molecule has 2 aliphatic heterocycles. The minimum Gasteiger partial charge on any atom is -0.474 e. The molecule has 8 heteroatoms. The molecule has 5 rings (SSSR count). The van der Waals surface area contributed by atoms with Gasteiger partial charge in [-0.1, -0.05) is 17.8 Å². The Hall–Kier alpha value is -1.74. The predicted octanol–water partition coefficient (Wildman–Crippen LogP) is 3.61. The molecule has 154 valence electrons. The third-order valence-electron chi connectivity index (χ3n) is 5.79. The first kappa shape index (κ1) is 19.2. The van der Waals surface area contributed by atoms with E-state index in [1.807, 2.05) is 18.6 Å². The summed E-state index contributed by atoms with van der Waals surface area (Å²) in [7, 11) is 0. The van der Waals surface area contributed by atoms with Crippen LogP contribution in [0.2, 0.25) is 0 Å². The van der Waals surface area contributed by atoms with E-state index in [0.29, 0.717) is 19.1 Å². The molecule has 0 N–H and O–H groups in total. The van der Waals surface area contributed by atoms with E-state index in [2.05, 4.69) is 16.0 Å². The van der Waals surface area contributed by atoms with Crippen molar-refractivity contribution in [2.24, 2.45) is 0 Å². The fourth-order valence-electron chi connectivity index (χ4n) is 4.17. The van der Waals surface area contributed by atoms with Crippen LogP contribution in [0.5, 0.6) is 5.88 Å². The van der Waals surface area contributed by atoms with E-state index >= 15 is 0 Å². The summed E-state index contributed by atoms with van der Waals surface area (Å²) in [5.41, 5.74) is 3.18. The van der Waals surface area contributed by atoms with Crippen LogP contribution in [0.1, 0.15) is 37.7 Å². The maximum atomic E-state index is 6.22. The van der Waals surface area contributed by atoms with Crippen LogP contribution in [0.25, 0.3) is 16.5 Å². The number of thioether (sulfide) groups is 1. The second-order valence-electron chi connectivity index (χ2n) is 7.57. The average Bonchev–Trinajstić information content (AvgIpc) is 3.23. The average molecular weight is 416 g/mol. The molecular weight excluding hydrogens is 390 g/mol. The molecular formula is C21H25N3O4S. The highest BCUT2D eigenvalue weighted by Crippen LogP contribution is 2.40. The predicted molar refractivity (Wildman–Crippen MR) is 110 cm³/mol. The summed E-state index contributed by atoms with van der Waals surface area (Å²) in [6.45, 7) is 2.81. The van der Waals surface area contributed by atoms with Gasteiger partial charge in [0.2, 0.25) is 5.88 Å². The Kier molecular flexibility index (Phi) is 5.43. The molecule has 0 unspecified atom stereocenters. The first-order valence-electron chi connectivity index (χ1n) is 10.2. The topological polar surface area (TPSA) is 75.6 Å². The number of allylic oxidation sites excluding steroid dienone is 1. The van der Waals surface area contributed by atoms with E-state index in [1.165, 1.54) is 17.3 Å². The largest absolute Gasteiger partial charge is 0.474 e. The Labute approximate surface area is 174 Å². The molecule has 2 aromatic rings. The molecule has 2 fully saturated rings. The van der Waals surface area contributed by atoms with E-state index in [9.17, 15) is 0 Å². The zero-order chi connectivity index (χ0) is 19.7. The van der Waals surface area contributed by atoms with Gasteiger partial charge in [-0.15, -0.1) is 0 Å². The Morgan fingerprint density at radius 1 is 1.10 bits per heavy atom. The number of nitrogens with zero attached hydrogens (tertiary/aromatic N) is 3. The van der Waals surface area contributed by atoms with Crippen LogP contribution in [0.4, 0.5) is 0 Å². The van der Waals surface area contributed by atoms with E-state index in [-0.39, 0.29) is 6.10 Å². The van der Waals surface area contributed by atoms with Crippen molar-refractivity contribution in [1.29, 1.82) is 0 Å². The number of hydrogen-bond donors (Lipinski definition) is 0. The molecule has 7 nitrogen and oxygen atoms in total. The monoisotopic (exact) mass is 415 g/mol. The van der Waals surface area contributed by atoms with Crippen molar-refractivity contribution in [3.63, 3.8) is 0 Å². The SMILES string of the molecule is CSc1ncc2c(OC3CCOCC3)ncc(C3=CCC4(CC3)OCCO4)c2n1. The van der Waals surface area contributed by atoms with Crippen molar-refractivity contribution in [3.05, 3.63) is 24.0 Å². The van der Waals surface area contributed by atoms with Gasteiger partial charge in [0.25, 0.3) is 0 Å².